The van der Waals surface area contributed by atoms with Gasteiger partial charge in [-0.15, -0.1) is 0 Å². The van der Waals surface area contributed by atoms with Gasteiger partial charge in [-0.1, -0.05) is 36.1 Å². The van der Waals surface area contributed by atoms with Crippen LogP contribution in [0.3, 0.4) is 0 Å². The summed E-state index contributed by atoms with van der Waals surface area (Å²) < 4.78 is 10.1. The van der Waals surface area contributed by atoms with Gasteiger partial charge in [0, 0.05) is 5.56 Å². The van der Waals surface area contributed by atoms with Gasteiger partial charge in [-0.25, -0.2) is 4.79 Å². The van der Waals surface area contributed by atoms with E-state index in [4.69, 9.17) is 9.47 Å². The standard InChI is InChI=1S/C20H18O3/c1-3-23-20(21)19-11-7-6-10-17(19)9-5-4-8-16-12-14-18(22-2)15-13-16/h4,6-8,10-15H,3H2,1-2H3/b8-4-. The lowest BCUT2D eigenvalue weighted by Gasteiger charge is -2.03. The van der Waals surface area contributed by atoms with Crippen LogP contribution in [0, 0.1) is 11.8 Å². The molecule has 0 heterocycles. The lowest BCUT2D eigenvalue weighted by Crippen LogP contribution is -2.06. The molecule has 0 saturated carbocycles. The lowest BCUT2D eigenvalue weighted by molar-refractivity contribution is 0.0526. The molecule has 0 spiro atoms. The van der Waals surface area contributed by atoms with Crippen LogP contribution in [-0.4, -0.2) is 19.7 Å². The Morgan fingerprint density at radius 3 is 2.57 bits per heavy atom. The minimum Gasteiger partial charge on any atom is -0.497 e. The maximum atomic E-state index is 11.9. The van der Waals surface area contributed by atoms with Crippen molar-refractivity contribution in [2.75, 3.05) is 13.7 Å². The largest absolute Gasteiger partial charge is 0.497 e. The van der Waals surface area contributed by atoms with Crippen LogP contribution in [0.4, 0.5) is 0 Å². The van der Waals surface area contributed by atoms with Crippen LogP contribution < -0.4 is 4.74 Å². The van der Waals surface area contributed by atoms with Gasteiger partial charge in [-0.3, -0.25) is 0 Å². The van der Waals surface area contributed by atoms with Crippen molar-refractivity contribution in [3.8, 4) is 17.6 Å². The summed E-state index contributed by atoms with van der Waals surface area (Å²) in [6.07, 6.45) is 3.66. The SMILES string of the molecule is CCOC(=O)c1ccccc1C#C/C=C\c1ccc(OC)cc1. The molecule has 0 amide bonds. The van der Waals surface area contributed by atoms with Gasteiger partial charge < -0.3 is 9.47 Å². The Morgan fingerprint density at radius 2 is 1.87 bits per heavy atom. The number of hydrogen-bond donors (Lipinski definition) is 0. The number of rotatable bonds is 4. The number of benzene rings is 2. The third kappa shape index (κ3) is 4.76. The first-order valence-corrected chi connectivity index (χ1v) is 7.33. The van der Waals surface area contributed by atoms with Crippen molar-refractivity contribution < 1.29 is 14.3 Å². The Hall–Kier alpha value is -2.99. The topological polar surface area (TPSA) is 35.5 Å². The van der Waals surface area contributed by atoms with Gasteiger partial charge in [0.05, 0.1) is 19.3 Å². The molecule has 2 rings (SSSR count). The highest BCUT2D eigenvalue weighted by atomic mass is 16.5. The molecule has 0 aliphatic carbocycles. The van der Waals surface area contributed by atoms with Gasteiger partial charge in [-0.05, 0) is 48.9 Å². The summed E-state index contributed by atoms with van der Waals surface area (Å²) in [5.41, 5.74) is 2.17. The quantitative estimate of drug-likeness (QED) is 0.634. The van der Waals surface area contributed by atoms with E-state index in [0.29, 0.717) is 17.7 Å². The number of esters is 1. The molecule has 0 fully saturated rings. The smallest absolute Gasteiger partial charge is 0.339 e. The number of methoxy groups -OCH3 is 1. The Bertz CT molecular complexity index is 746. The summed E-state index contributed by atoms with van der Waals surface area (Å²) in [5.74, 6) is 6.40. The molecule has 116 valence electrons. The molecule has 0 atom stereocenters. The molecule has 2 aromatic rings. The Kier molecular flexibility index (Phi) is 6.02. The van der Waals surface area contributed by atoms with E-state index < -0.39 is 0 Å². The van der Waals surface area contributed by atoms with Gasteiger partial charge in [0.25, 0.3) is 0 Å². The van der Waals surface area contributed by atoms with E-state index in [-0.39, 0.29) is 5.97 Å². The summed E-state index contributed by atoms with van der Waals surface area (Å²) in [6, 6.07) is 14.8. The van der Waals surface area contributed by atoms with E-state index in [2.05, 4.69) is 11.8 Å². The molecule has 0 aliphatic heterocycles. The monoisotopic (exact) mass is 306 g/mol. The summed E-state index contributed by atoms with van der Waals surface area (Å²) >= 11 is 0. The van der Waals surface area contributed by atoms with Crippen molar-refractivity contribution in [1.82, 2.24) is 0 Å². The van der Waals surface area contributed by atoms with Crippen LogP contribution in [0.5, 0.6) is 5.75 Å². The summed E-state index contributed by atoms with van der Waals surface area (Å²) in [7, 11) is 1.64. The van der Waals surface area contributed by atoms with Crippen molar-refractivity contribution in [2.45, 2.75) is 6.92 Å². The second-order valence-corrected chi connectivity index (χ2v) is 4.64. The van der Waals surface area contributed by atoms with Crippen LogP contribution in [0.2, 0.25) is 0 Å². The zero-order valence-corrected chi connectivity index (χ0v) is 13.2. The molecule has 0 N–H and O–H groups in total. The highest BCUT2D eigenvalue weighted by Gasteiger charge is 2.09. The molecule has 0 saturated heterocycles. The minimum absolute atomic E-state index is 0.345. The maximum Gasteiger partial charge on any atom is 0.339 e. The van der Waals surface area contributed by atoms with E-state index >= 15 is 0 Å². The van der Waals surface area contributed by atoms with Crippen LogP contribution in [0.15, 0.2) is 54.6 Å². The molecular formula is C20H18O3. The van der Waals surface area contributed by atoms with Crippen molar-refractivity contribution in [2.24, 2.45) is 0 Å². The number of carbonyl (C=O) groups excluding carboxylic acids is 1. The second-order valence-electron chi connectivity index (χ2n) is 4.64. The zero-order valence-electron chi connectivity index (χ0n) is 13.2. The molecule has 0 aromatic heterocycles. The molecular weight excluding hydrogens is 288 g/mol. The van der Waals surface area contributed by atoms with E-state index in [1.807, 2.05) is 36.4 Å². The van der Waals surface area contributed by atoms with Crippen LogP contribution in [0.1, 0.15) is 28.4 Å². The van der Waals surface area contributed by atoms with Gasteiger partial charge >= 0.3 is 5.97 Å². The first-order chi connectivity index (χ1) is 11.2. The Balaban J connectivity index is 2.12. The van der Waals surface area contributed by atoms with Crippen molar-refractivity contribution in [1.29, 1.82) is 0 Å². The second kappa shape index (κ2) is 8.45. The molecule has 0 aliphatic rings. The predicted molar refractivity (Wildman–Crippen MR) is 91.3 cm³/mol. The number of ether oxygens (including phenoxy) is 2. The van der Waals surface area contributed by atoms with Crippen molar-refractivity contribution in [3.05, 3.63) is 71.3 Å². The molecule has 2 aromatic carbocycles. The minimum atomic E-state index is -0.350. The number of allylic oxidation sites excluding steroid dienone is 1. The highest BCUT2D eigenvalue weighted by molar-refractivity contribution is 5.92. The molecule has 0 bridgehead atoms. The third-order valence-corrected chi connectivity index (χ3v) is 3.10. The van der Waals surface area contributed by atoms with Gasteiger partial charge in [0.15, 0.2) is 0 Å². The average molecular weight is 306 g/mol. The third-order valence-electron chi connectivity index (χ3n) is 3.10. The summed E-state index contributed by atoms with van der Waals surface area (Å²) in [6.45, 7) is 2.13. The van der Waals surface area contributed by atoms with Gasteiger partial charge in [-0.2, -0.15) is 0 Å². The van der Waals surface area contributed by atoms with E-state index in [1.54, 1.807) is 38.3 Å². The van der Waals surface area contributed by atoms with E-state index in [0.717, 1.165) is 11.3 Å². The predicted octanol–water partition coefficient (Wildman–Crippen LogP) is 3.94. The summed E-state index contributed by atoms with van der Waals surface area (Å²) in [5, 5.41) is 0. The Labute approximate surface area is 136 Å². The first kappa shape index (κ1) is 16.4. The fourth-order valence-corrected chi connectivity index (χ4v) is 1.95. The van der Waals surface area contributed by atoms with Gasteiger partial charge in [0.2, 0.25) is 0 Å². The molecule has 3 heteroatoms. The maximum absolute atomic E-state index is 11.9. The molecule has 23 heavy (non-hydrogen) atoms. The normalized spacial score (nSPS) is 10.0. The van der Waals surface area contributed by atoms with E-state index in [1.165, 1.54) is 0 Å². The van der Waals surface area contributed by atoms with E-state index in [9.17, 15) is 4.79 Å². The summed E-state index contributed by atoms with van der Waals surface area (Å²) in [4.78, 5) is 11.9. The highest BCUT2D eigenvalue weighted by Crippen LogP contribution is 2.12. The Morgan fingerprint density at radius 1 is 1.13 bits per heavy atom. The van der Waals surface area contributed by atoms with Crippen LogP contribution >= 0.6 is 0 Å². The molecule has 3 nitrogen and oxygen atoms in total. The zero-order chi connectivity index (χ0) is 16.5. The number of hydrogen-bond acceptors (Lipinski definition) is 3. The van der Waals surface area contributed by atoms with Crippen molar-refractivity contribution in [3.63, 3.8) is 0 Å². The number of carbonyl (C=O) groups is 1. The fraction of sp³-hybridized carbons (Fsp3) is 0.150. The molecule has 0 radical (unpaired) electrons. The first-order valence-electron chi connectivity index (χ1n) is 7.33. The average Bonchev–Trinajstić information content (AvgIpc) is 2.60. The van der Waals surface area contributed by atoms with Crippen LogP contribution in [0.25, 0.3) is 6.08 Å². The van der Waals surface area contributed by atoms with Gasteiger partial charge in [0.1, 0.15) is 5.75 Å². The van der Waals surface area contributed by atoms with Crippen LogP contribution in [-0.2, 0) is 4.74 Å². The van der Waals surface area contributed by atoms with Crippen molar-refractivity contribution >= 4 is 12.0 Å². The fourth-order valence-electron chi connectivity index (χ4n) is 1.95. The lowest BCUT2D eigenvalue weighted by atomic mass is 10.1. The molecule has 0 unspecified atom stereocenters.